The van der Waals surface area contributed by atoms with Crippen molar-refractivity contribution in [2.75, 3.05) is 39.6 Å². The highest BCUT2D eigenvalue weighted by Gasteiger charge is 2.65. The van der Waals surface area contributed by atoms with Crippen molar-refractivity contribution in [1.82, 2.24) is 0 Å². The van der Waals surface area contributed by atoms with Crippen molar-refractivity contribution in [3.8, 4) is 0 Å². The van der Waals surface area contributed by atoms with Crippen molar-refractivity contribution in [2.24, 2.45) is 0 Å². The molecule has 0 unspecified atom stereocenters. The maximum Gasteiger partial charge on any atom is 0.508 e. The first-order chi connectivity index (χ1) is 14.1. The number of rotatable bonds is 21. The van der Waals surface area contributed by atoms with E-state index >= 15 is 0 Å². The molecule has 0 aromatic heterocycles. The highest BCUT2D eigenvalue weighted by atomic mass is 28.5. The van der Waals surface area contributed by atoms with Gasteiger partial charge >= 0.3 is 17.6 Å². The molecule has 0 aliphatic heterocycles. The summed E-state index contributed by atoms with van der Waals surface area (Å²) in [6.07, 6.45) is 6.24. The third kappa shape index (κ3) is 9.90. The van der Waals surface area contributed by atoms with Crippen LogP contribution in [0.5, 0.6) is 0 Å². The van der Waals surface area contributed by atoms with Crippen LogP contribution in [0.15, 0.2) is 0 Å². The molecule has 0 N–H and O–H groups in total. The Morgan fingerprint density at radius 1 is 0.414 bits per heavy atom. The Kier molecular flexibility index (Phi) is 18.0. The molecule has 0 aromatic carbocycles. The summed E-state index contributed by atoms with van der Waals surface area (Å²) in [7, 11) is -6.17. The van der Waals surface area contributed by atoms with Gasteiger partial charge in [0.25, 0.3) is 0 Å². The molecular weight excluding hydrogens is 404 g/mol. The molecule has 0 aliphatic carbocycles. The number of hydrogen-bond acceptors (Lipinski definition) is 6. The van der Waals surface area contributed by atoms with Crippen molar-refractivity contribution < 1.29 is 26.6 Å². The summed E-state index contributed by atoms with van der Waals surface area (Å²) >= 11 is 0. The molecule has 0 rings (SSSR count). The fraction of sp³-hybridized carbons (Fsp3) is 1.00. The van der Waals surface area contributed by atoms with E-state index in [1.165, 1.54) is 0 Å². The SMILES string of the molecule is CCCO[Si](OCCC)(OCCC)C(CC)[Si](OCCC)(OCCC)OCCC. The number of hydrogen-bond donors (Lipinski definition) is 0. The zero-order chi connectivity index (χ0) is 22.0. The first-order valence-corrected chi connectivity index (χ1v) is 15.5. The van der Waals surface area contributed by atoms with Gasteiger partial charge in [0, 0.05) is 39.6 Å². The zero-order valence-electron chi connectivity index (χ0n) is 20.2. The van der Waals surface area contributed by atoms with E-state index in [1.807, 2.05) is 0 Å². The van der Waals surface area contributed by atoms with Crippen LogP contribution in [0.3, 0.4) is 0 Å². The van der Waals surface area contributed by atoms with E-state index in [2.05, 4.69) is 48.5 Å². The molecule has 0 fully saturated rings. The van der Waals surface area contributed by atoms with Gasteiger partial charge in [-0.25, -0.2) is 0 Å². The maximum atomic E-state index is 6.47. The minimum Gasteiger partial charge on any atom is -0.373 e. The normalized spacial score (nSPS) is 12.8. The molecule has 0 bridgehead atoms. The van der Waals surface area contributed by atoms with Gasteiger partial charge < -0.3 is 26.6 Å². The lowest BCUT2D eigenvalue weighted by Gasteiger charge is -2.43. The summed E-state index contributed by atoms with van der Waals surface area (Å²) in [6.45, 7) is 18.5. The fourth-order valence-electron chi connectivity index (χ4n) is 3.04. The van der Waals surface area contributed by atoms with Crippen LogP contribution in [0.4, 0.5) is 0 Å². The molecule has 29 heavy (non-hydrogen) atoms. The summed E-state index contributed by atoms with van der Waals surface area (Å²) in [6, 6.07) is 0. The van der Waals surface area contributed by atoms with Crippen LogP contribution in [0.25, 0.3) is 0 Å². The Balaban J connectivity index is 6.22. The second-order valence-corrected chi connectivity index (χ2v) is 13.4. The molecule has 0 aliphatic rings. The van der Waals surface area contributed by atoms with Gasteiger partial charge in [0.2, 0.25) is 0 Å². The predicted molar refractivity (Wildman–Crippen MR) is 123 cm³/mol. The predicted octanol–water partition coefficient (Wildman–Crippen LogP) is 5.74. The molecule has 0 saturated heterocycles. The van der Waals surface area contributed by atoms with E-state index in [-0.39, 0.29) is 5.16 Å². The van der Waals surface area contributed by atoms with E-state index in [0.717, 1.165) is 44.9 Å². The van der Waals surface area contributed by atoms with E-state index in [4.69, 9.17) is 26.6 Å². The topological polar surface area (TPSA) is 55.4 Å². The lowest BCUT2D eigenvalue weighted by molar-refractivity contribution is 0.0212. The lowest BCUT2D eigenvalue weighted by Crippen LogP contribution is -2.64. The second kappa shape index (κ2) is 17.8. The van der Waals surface area contributed by atoms with E-state index in [1.54, 1.807) is 0 Å². The van der Waals surface area contributed by atoms with E-state index in [9.17, 15) is 0 Å². The Hall–Kier alpha value is 0.194. The lowest BCUT2D eigenvalue weighted by atomic mass is 10.5. The van der Waals surface area contributed by atoms with Gasteiger partial charge in [0.05, 0.1) is 5.16 Å². The highest BCUT2D eigenvalue weighted by Crippen LogP contribution is 2.40. The van der Waals surface area contributed by atoms with E-state index in [0.29, 0.717) is 39.6 Å². The van der Waals surface area contributed by atoms with Gasteiger partial charge in [0.1, 0.15) is 0 Å². The van der Waals surface area contributed by atoms with Crippen LogP contribution in [-0.2, 0) is 26.6 Å². The summed E-state index contributed by atoms with van der Waals surface area (Å²) in [5.41, 5.74) is 0. The minimum absolute atomic E-state index is 0.121. The standard InChI is InChI=1S/C21H48O6Si2/c1-8-15-22-28(23-16-9-2,24-17-10-3)21(14-7)29(25-18-11-4,26-19-12-5)27-20-13-6/h21H,8-20H2,1-7H3. The smallest absolute Gasteiger partial charge is 0.373 e. The van der Waals surface area contributed by atoms with Crippen molar-refractivity contribution in [2.45, 2.75) is 98.6 Å². The highest BCUT2D eigenvalue weighted by molar-refractivity contribution is 6.82. The molecule has 0 saturated carbocycles. The Bertz CT molecular complexity index is 298. The first-order valence-electron chi connectivity index (χ1n) is 11.9. The third-order valence-corrected chi connectivity index (χ3v) is 12.6. The van der Waals surface area contributed by atoms with Crippen LogP contribution >= 0.6 is 0 Å². The zero-order valence-corrected chi connectivity index (χ0v) is 22.2. The Morgan fingerprint density at radius 2 is 0.621 bits per heavy atom. The molecule has 0 aromatic rings. The van der Waals surface area contributed by atoms with Crippen molar-refractivity contribution >= 4 is 17.6 Å². The van der Waals surface area contributed by atoms with Gasteiger partial charge in [-0.3, -0.25) is 0 Å². The Labute approximate surface area is 182 Å². The van der Waals surface area contributed by atoms with Crippen molar-refractivity contribution in [1.29, 1.82) is 0 Å². The van der Waals surface area contributed by atoms with E-state index < -0.39 is 17.6 Å². The molecule has 6 nitrogen and oxygen atoms in total. The van der Waals surface area contributed by atoms with Crippen LogP contribution in [0, 0.1) is 0 Å². The van der Waals surface area contributed by atoms with Crippen molar-refractivity contribution in [3.63, 3.8) is 0 Å². The molecule has 8 heteroatoms. The summed E-state index contributed by atoms with van der Waals surface area (Å²) in [5.74, 6) is 0. The molecule has 0 heterocycles. The molecule has 0 atom stereocenters. The quantitative estimate of drug-likeness (QED) is 0.207. The third-order valence-electron chi connectivity index (χ3n) is 4.31. The molecule has 0 radical (unpaired) electrons. The molecule has 0 spiro atoms. The summed E-state index contributed by atoms with van der Waals surface area (Å²) in [4.78, 5) is 0. The monoisotopic (exact) mass is 452 g/mol. The van der Waals surface area contributed by atoms with Crippen LogP contribution < -0.4 is 0 Å². The van der Waals surface area contributed by atoms with Crippen LogP contribution in [-0.4, -0.2) is 57.3 Å². The fourth-order valence-corrected chi connectivity index (χ4v) is 11.9. The maximum absolute atomic E-state index is 6.47. The average molecular weight is 453 g/mol. The van der Waals surface area contributed by atoms with Gasteiger partial charge in [0.15, 0.2) is 0 Å². The average Bonchev–Trinajstić information content (AvgIpc) is 2.75. The largest absolute Gasteiger partial charge is 0.508 e. The van der Waals surface area contributed by atoms with Gasteiger partial charge in [-0.2, -0.15) is 0 Å². The van der Waals surface area contributed by atoms with Crippen LogP contribution in [0.2, 0.25) is 5.16 Å². The molecule has 0 amide bonds. The minimum atomic E-state index is -3.09. The second-order valence-electron chi connectivity index (χ2n) is 7.26. The Morgan fingerprint density at radius 3 is 0.759 bits per heavy atom. The summed E-state index contributed by atoms with van der Waals surface area (Å²) in [5, 5.41) is -0.121. The van der Waals surface area contributed by atoms with Gasteiger partial charge in [-0.05, 0) is 44.9 Å². The van der Waals surface area contributed by atoms with Crippen molar-refractivity contribution in [3.05, 3.63) is 0 Å². The van der Waals surface area contributed by atoms with Gasteiger partial charge in [-0.15, -0.1) is 0 Å². The molecular formula is C21H48O6Si2. The molecule has 176 valence electrons. The summed E-state index contributed by atoms with van der Waals surface area (Å²) < 4.78 is 38.8. The first kappa shape index (κ1) is 29.2. The van der Waals surface area contributed by atoms with Crippen LogP contribution in [0.1, 0.15) is 93.4 Å². The van der Waals surface area contributed by atoms with Gasteiger partial charge in [-0.1, -0.05) is 48.5 Å².